The van der Waals surface area contributed by atoms with Crippen molar-refractivity contribution in [1.82, 2.24) is 21.3 Å². The molecule has 0 aliphatic rings. The number of halogens is 1. The maximum absolute atomic E-state index is 13.4. The lowest BCUT2D eigenvalue weighted by molar-refractivity contribution is -0.129. The molecule has 1 atom stereocenters. The molecule has 4 rings (SSSR count). The van der Waals surface area contributed by atoms with Crippen molar-refractivity contribution in [1.29, 1.82) is 0 Å². The van der Waals surface area contributed by atoms with Crippen LogP contribution in [0.2, 0.25) is 0 Å². The van der Waals surface area contributed by atoms with E-state index in [-0.39, 0.29) is 49.5 Å². The third-order valence-electron chi connectivity index (χ3n) is 7.44. The third-order valence-corrected chi connectivity index (χ3v) is 7.44. The largest absolute Gasteiger partial charge is 0.356 e. The number of benzene rings is 4. The Morgan fingerprint density at radius 3 is 2.13 bits per heavy atom. The molecule has 0 saturated carbocycles. The van der Waals surface area contributed by atoms with Gasteiger partial charge in [0.1, 0.15) is 11.9 Å². The predicted octanol–water partition coefficient (Wildman–Crippen LogP) is 5.38. The van der Waals surface area contributed by atoms with Crippen molar-refractivity contribution in [3.05, 3.63) is 120 Å². The molecule has 0 aromatic heterocycles. The van der Waals surface area contributed by atoms with Gasteiger partial charge >= 0.3 is 0 Å². The molecular formula is C38H45FN4O4. The Balaban J connectivity index is 0.000000584. The number of hydrogen-bond acceptors (Lipinski definition) is 4. The van der Waals surface area contributed by atoms with Crippen LogP contribution in [0.5, 0.6) is 0 Å². The fourth-order valence-corrected chi connectivity index (χ4v) is 4.76. The van der Waals surface area contributed by atoms with Crippen LogP contribution in [0, 0.1) is 5.82 Å². The second-order valence-electron chi connectivity index (χ2n) is 11.1. The Hall–Kier alpha value is -5.05. The first-order valence-electron chi connectivity index (χ1n) is 16.1. The Labute approximate surface area is 276 Å². The van der Waals surface area contributed by atoms with Crippen molar-refractivity contribution in [2.75, 3.05) is 13.1 Å². The van der Waals surface area contributed by atoms with Crippen molar-refractivity contribution in [3.63, 3.8) is 0 Å². The lowest BCUT2D eigenvalue weighted by atomic mass is 10.0. The first-order chi connectivity index (χ1) is 22.8. The molecule has 0 bridgehead atoms. The van der Waals surface area contributed by atoms with Gasteiger partial charge < -0.3 is 21.3 Å². The molecule has 9 heteroatoms. The van der Waals surface area contributed by atoms with Crippen molar-refractivity contribution < 1.29 is 23.6 Å². The van der Waals surface area contributed by atoms with Crippen LogP contribution in [0.3, 0.4) is 0 Å². The van der Waals surface area contributed by atoms with E-state index in [1.54, 1.807) is 12.1 Å². The number of carbonyl (C=O) groups is 4. The van der Waals surface area contributed by atoms with Crippen LogP contribution in [0.1, 0.15) is 56.2 Å². The maximum atomic E-state index is 13.4. The summed E-state index contributed by atoms with van der Waals surface area (Å²) in [5.74, 6) is -1.33. The number of rotatable bonds is 15. The van der Waals surface area contributed by atoms with Crippen molar-refractivity contribution in [2.24, 2.45) is 0 Å². The monoisotopic (exact) mass is 640 g/mol. The minimum Gasteiger partial charge on any atom is -0.356 e. The summed E-state index contributed by atoms with van der Waals surface area (Å²) in [5.41, 5.74) is 2.69. The number of nitrogens with one attached hydrogen (secondary N) is 4. The van der Waals surface area contributed by atoms with Crippen LogP contribution in [-0.4, -0.2) is 42.8 Å². The van der Waals surface area contributed by atoms with Gasteiger partial charge in [-0.1, -0.05) is 105 Å². The van der Waals surface area contributed by atoms with E-state index in [1.807, 2.05) is 79.7 Å². The second-order valence-corrected chi connectivity index (χ2v) is 11.1. The van der Waals surface area contributed by atoms with Gasteiger partial charge in [-0.25, -0.2) is 4.39 Å². The summed E-state index contributed by atoms with van der Waals surface area (Å²) in [6.07, 6.45) is 3.83. The van der Waals surface area contributed by atoms with Gasteiger partial charge in [0.2, 0.25) is 23.6 Å². The molecule has 0 spiro atoms. The molecule has 0 aliphatic carbocycles. The predicted molar refractivity (Wildman–Crippen MR) is 184 cm³/mol. The van der Waals surface area contributed by atoms with E-state index in [9.17, 15) is 23.6 Å². The van der Waals surface area contributed by atoms with Gasteiger partial charge in [-0.05, 0) is 52.4 Å². The smallest absolute Gasteiger partial charge is 0.243 e. The number of fused-ring (bicyclic) bond motifs is 1. The number of amides is 4. The standard InChI is InChI=1S/C31H30FN3O3.C7H15NO/c32-26-16-13-23(14-17-26)19-28(31(38)34-20-25-11-6-10-24-9-4-5-12-27(24)25)35-30(37)21-33-29(36)18-15-22-7-2-1-3-8-22;1-3-5-6-8-7(9)4-2/h1-14,16-17,28H,15,18-21H2,(H,33,36)(H,34,38)(H,35,37);3-6H2,1-2H3,(H,8,9). The number of unbranched alkanes of at least 4 members (excludes halogenated alkanes) is 1. The molecule has 47 heavy (non-hydrogen) atoms. The quantitative estimate of drug-likeness (QED) is 0.131. The van der Waals surface area contributed by atoms with Crippen molar-refractivity contribution >= 4 is 34.4 Å². The Bertz CT molecular complexity index is 1570. The zero-order chi connectivity index (χ0) is 33.9. The fraction of sp³-hybridized carbons (Fsp3) is 0.316. The van der Waals surface area contributed by atoms with E-state index in [0.717, 1.165) is 41.3 Å². The van der Waals surface area contributed by atoms with E-state index < -0.39 is 11.9 Å². The highest BCUT2D eigenvalue weighted by molar-refractivity contribution is 5.91. The lowest BCUT2D eigenvalue weighted by Crippen LogP contribution is -2.50. The summed E-state index contributed by atoms with van der Waals surface area (Å²) in [6.45, 7) is 4.85. The SMILES string of the molecule is CCCCNC(=O)CC.O=C(CCc1ccccc1)NCC(=O)NC(Cc1ccc(F)cc1)C(=O)NCc1cccc2ccccc12. The summed E-state index contributed by atoms with van der Waals surface area (Å²) in [5, 5.41) is 13.2. The zero-order valence-electron chi connectivity index (χ0n) is 27.2. The zero-order valence-corrected chi connectivity index (χ0v) is 27.2. The number of aryl methyl sites for hydroxylation is 1. The highest BCUT2D eigenvalue weighted by Crippen LogP contribution is 2.18. The summed E-state index contributed by atoms with van der Waals surface area (Å²) in [6, 6.07) is 28.3. The Morgan fingerprint density at radius 2 is 1.40 bits per heavy atom. The molecule has 1 unspecified atom stereocenters. The van der Waals surface area contributed by atoms with Crippen LogP contribution < -0.4 is 21.3 Å². The molecule has 4 amide bonds. The number of hydrogen-bond donors (Lipinski definition) is 4. The maximum Gasteiger partial charge on any atom is 0.243 e. The van der Waals surface area contributed by atoms with Gasteiger partial charge in [-0.15, -0.1) is 0 Å². The van der Waals surface area contributed by atoms with E-state index in [2.05, 4.69) is 28.2 Å². The molecule has 4 N–H and O–H groups in total. The third kappa shape index (κ3) is 13.5. The molecule has 0 radical (unpaired) electrons. The first-order valence-corrected chi connectivity index (χ1v) is 16.1. The normalized spacial score (nSPS) is 11.0. The van der Waals surface area contributed by atoms with Crippen LogP contribution in [0.4, 0.5) is 4.39 Å². The van der Waals surface area contributed by atoms with E-state index in [0.29, 0.717) is 18.4 Å². The van der Waals surface area contributed by atoms with Crippen LogP contribution in [0.25, 0.3) is 10.8 Å². The summed E-state index contributed by atoms with van der Waals surface area (Å²) in [7, 11) is 0. The minimum absolute atomic E-state index is 0.156. The molecule has 0 aliphatic heterocycles. The topological polar surface area (TPSA) is 116 Å². The molecule has 0 heterocycles. The molecule has 4 aromatic carbocycles. The second kappa shape index (κ2) is 20.2. The van der Waals surface area contributed by atoms with Gasteiger partial charge in [0.05, 0.1) is 6.54 Å². The van der Waals surface area contributed by atoms with E-state index in [1.165, 1.54) is 12.1 Å². The minimum atomic E-state index is -0.899. The molecular weight excluding hydrogens is 595 g/mol. The van der Waals surface area contributed by atoms with Gasteiger partial charge in [0.25, 0.3) is 0 Å². The van der Waals surface area contributed by atoms with Crippen LogP contribution in [-0.2, 0) is 38.6 Å². The Morgan fingerprint density at radius 1 is 0.702 bits per heavy atom. The van der Waals surface area contributed by atoms with Gasteiger partial charge in [-0.2, -0.15) is 0 Å². The average Bonchev–Trinajstić information content (AvgIpc) is 3.10. The Kier molecular flexibility index (Phi) is 15.6. The molecule has 4 aromatic rings. The van der Waals surface area contributed by atoms with Crippen molar-refractivity contribution in [3.8, 4) is 0 Å². The van der Waals surface area contributed by atoms with Gasteiger partial charge in [0, 0.05) is 32.4 Å². The van der Waals surface area contributed by atoms with Crippen LogP contribution >= 0.6 is 0 Å². The molecule has 0 saturated heterocycles. The van der Waals surface area contributed by atoms with Gasteiger partial charge in [-0.3, -0.25) is 19.2 Å². The summed E-state index contributed by atoms with van der Waals surface area (Å²) >= 11 is 0. The van der Waals surface area contributed by atoms with Crippen LogP contribution in [0.15, 0.2) is 97.1 Å². The summed E-state index contributed by atoms with van der Waals surface area (Å²) < 4.78 is 13.4. The fourth-order valence-electron chi connectivity index (χ4n) is 4.76. The highest BCUT2D eigenvalue weighted by Gasteiger charge is 2.22. The van der Waals surface area contributed by atoms with Crippen molar-refractivity contribution in [2.45, 2.75) is 65.0 Å². The summed E-state index contributed by atoms with van der Waals surface area (Å²) in [4.78, 5) is 48.6. The average molecular weight is 641 g/mol. The first kappa shape index (κ1) is 36.4. The lowest BCUT2D eigenvalue weighted by Gasteiger charge is -2.19. The highest BCUT2D eigenvalue weighted by atomic mass is 19.1. The van der Waals surface area contributed by atoms with E-state index >= 15 is 0 Å². The molecule has 248 valence electrons. The molecule has 8 nitrogen and oxygen atoms in total. The van der Waals surface area contributed by atoms with Gasteiger partial charge in [0.15, 0.2) is 0 Å². The molecule has 0 fully saturated rings. The van der Waals surface area contributed by atoms with E-state index in [4.69, 9.17) is 0 Å². The number of carbonyl (C=O) groups excluding carboxylic acids is 4.